The second kappa shape index (κ2) is 5.88. The van der Waals surface area contributed by atoms with Gasteiger partial charge in [0.15, 0.2) is 0 Å². The lowest BCUT2D eigenvalue weighted by molar-refractivity contribution is -0.136. The predicted octanol–water partition coefficient (Wildman–Crippen LogP) is 2.36. The van der Waals surface area contributed by atoms with Gasteiger partial charge in [-0.3, -0.25) is 9.36 Å². The van der Waals surface area contributed by atoms with E-state index >= 15 is 0 Å². The number of carbonyl (C=O) groups is 1. The number of hydrogen-bond acceptors (Lipinski definition) is 4. The Hall–Kier alpha value is -1.47. The minimum atomic E-state index is -0.929. The summed E-state index contributed by atoms with van der Waals surface area (Å²) < 4.78 is 2.51. The third-order valence-electron chi connectivity index (χ3n) is 3.04. The molecule has 0 aliphatic rings. The van der Waals surface area contributed by atoms with Crippen LogP contribution in [0, 0.1) is 13.8 Å². The molecule has 0 atom stereocenters. The van der Waals surface area contributed by atoms with Crippen molar-refractivity contribution in [1.82, 2.24) is 9.55 Å². The predicted molar refractivity (Wildman–Crippen MR) is 80.4 cm³/mol. The van der Waals surface area contributed by atoms with Gasteiger partial charge < -0.3 is 5.11 Å². The van der Waals surface area contributed by atoms with Crippen LogP contribution >= 0.6 is 27.3 Å². The van der Waals surface area contributed by atoms with Crippen molar-refractivity contribution in [3.8, 4) is 0 Å². The molecule has 0 amide bonds. The molecule has 0 aliphatic heterocycles. The van der Waals surface area contributed by atoms with E-state index in [0.717, 1.165) is 8.66 Å². The van der Waals surface area contributed by atoms with Crippen LogP contribution in [0.15, 0.2) is 20.7 Å². The molecule has 2 rings (SSSR count). The summed E-state index contributed by atoms with van der Waals surface area (Å²) in [4.78, 5) is 27.9. The number of carboxylic acid groups (broad SMARTS) is 1. The van der Waals surface area contributed by atoms with Gasteiger partial charge in [-0.15, -0.1) is 11.3 Å². The lowest BCUT2D eigenvalue weighted by atomic mass is 10.1. The molecule has 106 valence electrons. The van der Waals surface area contributed by atoms with Gasteiger partial charge in [0.25, 0.3) is 0 Å². The highest BCUT2D eigenvalue weighted by atomic mass is 79.9. The summed E-state index contributed by atoms with van der Waals surface area (Å²) in [5, 5.41) is 8.95. The van der Waals surface area contributed by atoms with Gasteiger partial charge in [0, 0.05) is 21.8 Å². The molecule has 0 aliphatic carbocycles. The Balaban J connectivity index is 2.47. The Morgan fingerprint density at radius 1 is 1.45 bits per heavy atom. The largest absolute Gasteiger partial charge is 0.481 e. The molecule has 0 spiro atoms. The van der Waals surface area contributed by atoms with E-state index < -0.39 is 5.97 Å². The van der Waals surface area contributed by atoms with Gasteiger partial charge in [-0.25, -0.2) is 4.79 Å². The molecule has 2 aromatic rings. The summed E-state index contributed by atoms with van der Waals surface area (Å²) in [6, 6.07) is 3.84. The maximum Gasteiger partial charge on any atom is 0.348 e. The van der Waals surface area contributed by atoms with Crippen LogP contribution in [0.4, 0.5) is 0 Å². The minimum Gasteiger partial charge on any atom is -0.481 e. The highest BCUT2D eigenvalue weighted by Crippen LogP contribution is 2.23. The Morgan fingerprint density at radius 2 is 2.15 bits per heavy atom. The van der Waals surface area contributed by atoms with Gasteiger partial charge in [-0.1, -0.05) is 0 Å². The summed E-state index contributed by atoms with van der Waals surface area (Å²) in [5.41, 5.74) is 1.40. The van der Waals surface area contributed by atoms with Gasteiger partial charge in [0.1, 0.15) is 0 Å². The lowest BCUT2D eigenvalue weighted by Gasteiger charge is -2.13. The smallest absolute Gasteiger partial charge is 0.348 e. The van der Waals surface area contributed by atoms with Crippen molar-refractivity contribution in [3.05, 3.63) is 48.2 Å². The third-order valence-corrected chi connectivity index (χ3v) is 4.65. The van der Waals surface area contributed by atoms with Gasteiger partial charge in [-0.05, 0) is 41.9 Å². The summed E-state index contributed by atoms with van der Waals surface area (Å²) in [5.74, 6) is -0.929. The topological polar surface area (TPSA) is 72.2 Å². The molecule has 0 fully saturated rings. The fraction of sp³-hybridized carbons (Fsp3) is 0.308. The SMILES string of the molecule is Cc1nc(=O)n(Cc2ccc(Br)s2)c(C)c1CC(=O)O. The summed E-state index contributed by atoms with van der Waals surface area (Å²) in [7, 11) is 0. The van der Waals surface area contributed by atoms with Crippen molar-refractivity contribution in [3.63, 3.8) is 0 Å². The van der Waals surface area contributed by atoms with Crippen molar-refractivity contribution in [2.45, 2.75) is 26.8 Å². The zero-order chi connectivity index (χ0) is 14.9. The number of aromatic nitrogens is 2. The summed E-state index contributed by atoms with van der Waals surface area (Å²) in [6.45, 7) is 3.83. The van der Waals surface area contributed by atoms with E-state index in [1.807, 2.05) is 12.1 Å². The highest BCUT2D eigenvalue weighted by Gasteiger charge is 2.14. The molecule has 20 heavy (non-hydrogen) atoms. The standard InChI is InChI=1S/C13H13BrN2O3S/c1-7-10(5-12(17)18)8(2)16(13(19)15-7)6-9-3-4-11(14)20-9/h3-4H,5-6H2,1-2H3,(H,17,18). The Labute approximate surface area is 128 Å². The number of rotatable bonds is 4. The molecular formula is C13H13BrN2O3S. The van der Waals surface area contributed by atoms with Crippen LogP contribution in [0.5, 0.6) is 0 Å². The number of aryl methyl sites for hydroxylation is 1. The number of aliphatic carboxylic acids is 1. The average Bonchev–Trinajstić information content (AvgIpc) is 2.75. The van der Waals surface area contributed by atoms with Crippen LogP contribution in [0.3, 0.4) is 0 Å². The van der Waals surface area contributed by atoms with E-state index in [2.05, 4.69) is 20.9 Å². The quantitative estimate of drug-likeness (QED) is 0.912. The van der Waals surface area contributed by atoms with Gasteiger partial charge in [0.05, 0.1) is 16.8 Å². The number of carboxylic acids is 1. The fourth-order valence-electron chi connectivity index (χ4n) is 2.03. The highest BCUT2D eigenvalue weighted by molar-refractivity contribution is 9.11. The third kappa shape index (κ3) is 3.16. The second-order valence-corrected chi connectivity index (χ2v) is 6.95. The zero-order valence-electron chi connectivity index (χ0n) is 11.0. The van der Waals surface area contributed by atoms with Crippen LogP contribution < -0.4 is 5.69 Å². The van der Waals surface area contributed by atoms with Gasteiger partial charge >= 0.3 is 11.7 Å². The molecular weight excluding hydrogens is 344 g/mol. The number of thiophene rings is 1. The molecule has 0 unspecified atom stereocenters. The molecule has 7 heteroatoms. The van der Waals surface area contributed by atoms with Gasteiger partial charge in [0.2, 0.25) is 0 Å². The van der Waals surface area contributed by atoms with Crippen molar-refractivity contribution in [1.29, 1.82) is 0 Å². The van der Waals surface area contributed by atoms with Crippen molar-refractivity contribution in [2.24, 2.45) is 0 Å². The van der Waals surface area contributed by atoms with E-state index in [1.54, 1.807) is 13.8 Å². The number of nitrogens with zero attached hydrogens (tertiary/aromatic N) is 2. The fourth-order valence-corrected chi connectivity index (χ4v) is 3.50. The van der Waals surface area contributed by atoms with Crippen LogP contribution in [0.1, 0.15) is 21.8 Å². The monoisotopic (exact) mass is 356 g/mol. The number of halogens is 1. The molecule has 0 bridgehead atoms. The first-order chi connectivity index (χ1) is 9.38. The molecule has 1 N–H and O–H groups in total. The van der Waals surface area contributed by atoms with Crippen LogP contribution in [-0.4, -0.2) is 20.6 Å². The first-order valence-corrected chi connectivity index (χ1v) is 7.52. The second-order valence-electron chi connectivity index (χ2n) is 4.41. The molecule has 0 saturated heterocycles. The van der Waals surface area contributed by atoms with E-state index in [-0.39, 0.29) is 12.1 Å². The normalized spacial score (nSPS) is 10.8. The van der Waals surface area contributed by atoms with Crippen molar-refractivity contribution in [2.75, 3.05) is 0 Å². The first-order valence-electron chi connectivity index (χ1n) is 5.91. The Bertz CT molecular complexity index is 721. The van der Waals surface area contributed by atoms with Crippen LogP contribution in [-0.2, 0) is 17.8 Å². The minimum absolute atomic E-state index is 0.126. The van der Waals surface area contributed by atoms with E-state index in [9.17, 15) is 9.59 Å². The maximum atomic E-state index is 12.0. The molecule has 0 aromatic carbocycles. The summed E-state index contributed by atoms with van der Waals surface area (Å²) >= 11 is 4.92. The lowest BCUT2D eigenvalue weighted by Crippen LogP contribution is -2.28. The van der Waals surface area contributed by atoms with Crippen molar-refractivity contribution < 1.29 is 9.90 Å². The van der Waals surface area contributed by atoms with Gasteiger partial charge in [-0.2, -0.15) is 4.98 Å². The Kier molecular flexibility index (Phi) is 4.39. The van der Waals surface area contributed by atoms with E-state index in [1.165, 1.54) is 15.9 Å². The molecule has 0 saturated carbocycles. The van der Waals surface area contributed by atoms with Crippen LogP contribution in [0.25, 0.3) is 0 Å². The molecule has 0 radical (unpaired) electrons. The number of hydrogen-bond donors (Lipinski definition) is 1. The van der Waals surface area contributed by atoms with E-state index in [4.69, 9.17) is 5.11 Å². The molecule has 2 heterocycles. The van der Waals surface area contributed by atoms with Crippen molar-refractivity contribution >= 4 is 33.2 Å². The summed E-state index contributed by atoms with van der Waals surface area (Å²) in [6.07, 6.45) is -0.126. The van der Waals surface area contributed by atoms with E-state index in [0.29, 0.717) is 23.5 Å². The maximum absolute atomic E-state index is 12.0. The molecule has 5 nitrogen and oxygen atoms in total. The average molecular weight is 357 g/mol. The molecule has 2 aromatic heterocycles. The Morgan fingerprint density at radius 3 is 2.70 bits per heavy atom. The first kappa shape index (κ1) is 14.9. The zero-order valence-corrected chi connectivity index (χ0v) is 13.4. The van der Waals surface area contributed by atoms with Crippen LogP contribution in [0.2, 0.25) is 0 Å².